The highest BCUT2D eigenvalue weighted by atomic mass is 16.3. The molecular weight excluding hydrogens is 310 g/mol. The lowest BCUT2D eigenvalue weighted by atomic mass is 10.0. The number of carbonyl (C=O) groups excluding carboxylic acids is 2. The van der Waals surface area contributed by atoms with Gasteiger partial charge in [-0.25, -0.2) is 0 Å². The van der Waals surface area contributed by atoms with Gasteiger partial charge in [0, 0.05) is 19.0 Å². The van der Waals surface area contributed by atoms with E-state index in [1.165, 1.54) is 6.08 Å². The Balaban J connectivity index is 4.14. The summed E-state index contributed by atoms with van der Waals surface area (Å²) >= 11 is 0. The average molecular weight is 341 g/mol. The van der Waals surface area contributed by atoms with E-state index in [9.17, 15) is 14.7 Å². The van der Waals surface area contributed by atoms with Crippen LogP contribution in [0, 0.1) is 0 Å². The molecule has 8 nitrogen and oxygen atoms in total. The van der Waals surface area contributed by atoms with Gasteiger partial charge < -0.3 is 21.5 Å². The van der Waals surface area contributed by atoms with Crippen LogP contribution in [0.25, 0.3) is 0 Å². The van der Waals surface area contributed by atoms with Gasteiger partial charge in [-0.05, 0) is 13.8 Å². The van der Waals surface area contributed by atoms with Crippen molar-refractivity contribution in [3.8, 4) is 0 Å². The fraction of sp³-hybridized carbons (Fsp3) is 0.562. The van der Waals surface area contributed by atoms with Gasteiger partial charge in [0.2, 0.25) is 17.6 Å². The molecule has 10 N–H and O–H groups in total. The van der Waals surface area contributed by atoms with Crippen molar-refractivity contribution in [3.05, 3.63) is 24.3 Å². The number of allylic oxidation sites excluding steroid dienone is 3. The second kappa shape index (κ2) is 12.3. The SMILES string of the molecule is C/C=C\C=C\C(=O)N[C@H](C)[C@H](O)C[C@@H]([NH3+])CC(=O)NCCC(N)=[NH2+]. The molecule has 0 aromatic heterocycles. The van der Waals surface area contributed by atoms with E-state index in [-0.39, 0.29) is 30.1 Å². The maximum Gasteiger partial charge on any atom is 0.244 e. The summed E-state index contributed by atoms with van der Waals surface area (Å²) in [6.07, 6.45) is 6.67. The number of hydrogen-bond acceptors (Lipinski definition) is 3. The van der Waals surface area contributed by atoms with Crippen LogP contribution < -0.4 is 27.5 Å². The molecule has 0 radical (unpaired) electrons. The molecule has 0 aliphatic rings. The minimum atomic E-state index is -0.785. The van der Waals surface area contributed by atoms with Crippen LogP contribution in [0.1, 0.15) is 33.1 Å². The van der Waals surface area contributed by atoms with E-state index in [1.807, 2.05) is 6.92 Å². The summed E-state index contributed by atoms with van der Waals surface area (Å²) in [5.74, 6) is -0.187. The Labute approximate surface area is 142 Å². The molecule has 136 valence electrons. The number of nitrogens with two attached hydrogens (primary N) is 2. The van der Waals surface area contributed by atoms with E-state index in [1.54, 1.807) is 25.2 Å². The number of rotatable bonds is 11. The predicted molar refractivity (Wildman–Crippen MR) is 92.2 cm³/mol. The molecule has 0 rings (SSSR count). The van der Waals surface area contributed by atoms with Crippen LogP contribution in [0.15, 0.2) is 24.3 Å². The van der Waals surface area contributed by atoms with Crippen LogP contribution in [0.4, 0.5) is 0 Å². The Morgan fingerprint density at radius 1 is 1.38 bits per heavy atom. The van der Waals surface area contributed by atoms with Gasteiger partial charge in [0.25, 0.3) is 0 Å². The number of amides is 2. The Hall–Kier alpha value is -2.19. The van der Waals surface area contributed by atoms with Crippen molar-refractivity contribution in [1.29, 1.82) is 0 Å². The molecule has 2 amide bonds. The molecular formula is C16H31N5O3+2. The van der Waals surface area contributed by atoms with Crippen molar-refractivity contribution in [2.45, 2.75) is 51.3 Å². The highest BCUT2D eigenvalue weighted by Crippen LogP contribution is 2.04. The van der Waals surface area contributed by atoms with Crippen molar-refractivity contribution in [1.82, 2.24) is 10.6 Å². The van der Waals surface area contributed by atoms with Crippen LogP contribution in [0.3, 0.4) is 0 Å². The van der Waals surface area contributed by atoms with E-state index in [0.29, 0.717) is 19.4 Å². The van der Waals surface area contributed by atoms with Crippen LogP contribution >= 0.6 is 0 Å². The van der Waals surface area contributed by atoms with E-state index >= 15 is 0 Å². The summed E-state index contributed by atoms with van der Waals surface area (Å²) in [6, 6.07) is -0.705. The summed E-state index contributed by atoms with van der Waals surface area (Å²) in [5, 5.41) is 20.8. The third kappa shape index (κ3) is 11.4. The highest BCUT2D eigenvalue weighted by Gasteiger charge is 2.22. The van der Waals surface area contributed by atoms with Gasteiger partial charge in [-0.3, -0.25) is 20.7 Å². The van der Waals surface area contributed by atoms with Crippen molar-refractivity contribution < 1.29 is 25.8 Å². The Morgan fingerprint density at radius 2 is 2.04 bits per heavy atom. The van der Waals surface area contributed by atoms with Gasteiger partial charge in [-0.2, -0.15) is 0 Å². The molecule has 0 heterocycles. The van der Waals surface area contributed by atoms with Gasteiger partial charge in [0.1, 0.15) is 0 Å². The molecule has 0 unspecified atom stereocenters. The van der Waals surface area contributed by atoms with Crippen LogP contribution in [0.5, 0.6) is 0 Å². The second-order valence-electron chi connectivity index (χ2n) is 5.73. The Bertz CT molecular complexity index is 476. The molecule has 0 bridgehead atoms. The monoisotopic (exact) mass is 341 g/mol. The summed E-state index contributed by atoms with van der Waals surface area (Å²) in [5.41, 5.74) is 9.18. The largest absolute Gasteiger partial charge is 0.391 e. The van der Waals surface area contributed by atoms with Gasteiger partial charge in [0.15, 0.2) is 0 Å². The van der Waals surface area contributed by atoms with Crippen molar-refractivity contribution in [2.24, 2.45) is 5.73 Å². The van der Waals surface area contributed by atoms with E-state index in [4.69, 9.17) is 11.1 Å². The van der Waals surface area contributed by atoms with Crippen LogP contribution in [0.2, 0.25) is 0 Å². The zero-order chi connectivity index (χ0) is 18.5. The second-order valence-corrected chi connectivity index (χ2v) is 5.73. The van der Waals surface area contributed by atoms with Crippen molar-refractivity contribution in [2.75, 3.05) is 6.54 Å². The normalized spacial score (nSPS) is 15.2. The zero-order valence-corrected chi connectivity index (χ0v) is 14.5. The molecule has 3 atom stereocenters. The van der Waals surface area contributed by atoms with E-state index in [0.717, 1.165) is 0 Å². The summed E-state index contributed by atoms with van der Waals surface area (Å²) in [7, 11) is 0. The fourth-order valence-electron chi connectivity index (χ4n) is 1.93. The number of amidine groups is 1. The van der Waals surface area contributed by atoms with Crippen LogP contribution in [-0.4, -0.2) is 47.5 Å². The minimum absolute atomic E-state index is 0.172. The first-order valence-electron chi connectivity index (χ1n) is 8.00. The summed E-state index contributed by atoms with van der Waals surface area (Å²) < 4.78 is 0. The lowest BCUT2D eigenvalue weighted by molar-refractivity contribution is -0.422. The average Bonchev–Trinajstić information content (AvgIpc) is 2.46. The Kier molecular flexibility index (Phi) is 11.1. The van der Waals surface area contributed by atoms with Crippen molar-refractivity contribution >= 4 is 17.6 Å². The zero-order valence-electron chi connectivity index (χ0n) is 14.5. The number of hydrogen-bond donors (Lipinski definition) is 6. The number of quaternary nitrogens is 1. The molecule has 0 aliphatic heterocycles. The lowest BCUT2D eigenvalue weighted by Gasteiger charge is -2.21. The van der Waals surface area contributed by atoms with Crippen molar-refractivity contribution in [3.63, 3.8) is 0 Å². The number of aliphatic hydroxyl groups excluding tert-OH is 1. The Morgan fingerprint density at radius 3 is 2.62 bits per heavy atom. The minimum Gasteiger partial charge on any atom is -0.391 e. The van der Waals surface area contributed by atoms with Gasteiger partial charge in [-0.1, -0.05) is 18.2 Å². The highest BCUT2D eigenvalue weighted by molar-refractivity contribution is 5.88. The quantitative estimate of drug-likeness (QED) is 0.102. The van der Waals surface area contributed by atoms with Gasteiger partial charge in [0.05, 0.1) is 31.0 Å². The molecule has 24 heavy (non-hydrogen) atoms. The first-order chi connectivity index (χ1) is 11.3. The molecule has 0 aromatic carbocycles. The predicted octanol–water partition coefficient (Wildman–Crippen LogP) is -3.00. The molecule has 0 saturated heterocycles. The maximum atomic E-state index is 11.7. The van der Waals surface area contributed by atoms with E-state index < -0.39 is 12.1 Å². The summed E-state index contributed by atoms with van der Waals surface area (Å²) in [4.78, 5) is 23.3. The third-order valence-corrected chi connectivity index (χ3v) is 3.28. The third-order valence-electron chi connectivity index (χ3n) is 3.28. The standard InChI is InChI=1S/C16H29N5O3/c1-3-4-5-6-15(23)21-11(2)13(22)9-12(17)10-16(24)20-8-7-14(18)19/h3-6,11-13,22H,7-10,17H2,1-2H3,(H3,18,19)(H,20,24)(H,21,23)/p+2/b4-3-,6-5+/t11-,12-,13-/m1/s1. The first kappa shape index (κ1) is 21.8. The van der Waals surface area contributed by atoms with Gasteiger partial charge >= 0.3 is 0 Å². The molecule has 0 saturated carbocycles. The lowest BCUT2D eigenvalue weighted by Crippen LogP contribution is -2.64. The maximum absolute atomic E-state index is 11.7. The van der Waals surface area contributed by atoms with E-state index in [2.05, 4.69) is 16.4 Å². The fourth-order valence-corrected chi connectivity index (χ4v) is 1.93. The number of carbonyl (C=O) groups is 2. The molecule has 8 heteroatoms. The first-order valence-corrected chi connectivity index (χ1v) is 8.00. The van der Waals surface area contributed by atoms with Gasteiger partial charge in [-0.15, -0.1) is 0 Å². The number of nitrogens with one attached hydrogen (secondary N) is 2. The molecule has 0 fully saturated rings. The smallest absolute Gasteiger partial charge is 0.244 e. The summed E-state index contributed by atoms with van der Waals surface area (Å²) in [6.45, 7) is 3.93. The molecule has 0 aromatic rings. The molecule has 0 aliphatic carbocycles. The number of aliphatic hydroxyl groups is 1. The molecule has 0 spiro atoms. The van der Waals surface area contributed by atoms with Crippen LogP contribution in [-0.2, 0) is 9.59 Å². The topological polar surface area (TPSA) is 158 Å².